The van der Waals surface area contributed by atoms with Crippen molar-refractivity contribution in [3.05, 3.63) is 24.0 Å². The number of halogens is 2. The molecule has 2 fully saturated rings. The van der Waals surface area contributed by atoms with Crippen LogP contribution in [0, 0.1) is 11.8 Å². The molecule has 2 unspecified atom stereocenters. The van der Waals surface area contributed by atoms with Gasteiger partial charge in [-0.25, -0.2) is 8.78 Å². The van der Waals surface area contributed by atoms with E-state index >= 15 is 0 Å². The summed E-state index contributed by atoms with van der Waals surface area (Å²) in [5.74, 6) is -0.975. The number of unbranched alkanes of at least 4 members (excludes halogenated alkanes) is 2. The average Bonchev–Trinajstić information content (AvgIpc) is 3.15. The molecule has 0 spiro atoms. The van der Waals surface area contributed by atoms with Gasteiger partial charge in [-0.05, 0) is 51.0 Å². The van der Waals surface area contributed by atoms with E-state index in [0.29, 0.717) is 31.4 Å². The zero-order chi connectivity index (χ0) is 20.0. The van der Waals surface area contributed by atoms with Crippen molar-refractivity contribution in [3.8, 4) is 0 Å². The van der Waals surface area contributed by atoms with Crippen LogP contribution in [0.25, 0.3) is 0 Å². The summed E-state index contributed by atoms with van der Waals surface area (Å²) in [4.78, 5) is 10.5. The van der Waals surface area contributed by atoms with E-state index in [1.165, 1.54) is 13.0 Å². The fourth-order valence-corrected chi connectivity index (χ4v) is 3.99. The molecule has 0 bridgehead atoms. The molecule has 1 aliphatic heterocycles. The second-order valence-corrected chi connectivity index (χ2v) is 7.98. The molecule has 1 saturated heterocycles. The van der Waals surface area contributed by atoms with Gasteiger partial charge < -0.3 is 14.9 Å². The van der Waals surface area contributed by atoms with Gasteiger partial charge >= 0.3 is 5.97 Å². The number of aliphatic hydroxyl groups excluding tert-OH is 1. The van der Waals surface area contributed by atoms with E-state index in [-0.39, 0.29) is 53.9 Å². The van der Waals surface area contributed by atoms with Crippen molar-refractivity contribution in [3.63, 3.8) is 0 Å². The van der Waals surface area contributed by atoms with Crippen molar-refractivity contribution in [2.75, 3.05) is 0 Å². The summed E-state index contributed by atoms with van der Waals surface area (Å²) in [6.07, 6.45) is 6.58. The topological polar surface area (TPSA) is 66.8 Å². The molecule has 28 heavy (non-hydrogen) atoms. The van der Waals surface area contributed by atoms with Gasteiger partial charge in [-0.15, -0.1) is 0 Å². The zero-order valence-electron chi connectivity index (χ0n) is 17.2. The molecule has 1 aliphatic carbocycles. The van der Waals surface area contributed by atoms with Crippen LogP contribution in [0.3, 0.4) is 0 Å². The van der Waals surface area contributed by atoms with E-state index in [4.69, 9.17) is 9.84 Å². The number of ether oxygens (including phenoxy) is 1. The third kappa shape index (κ3) is 6.82. The smallest absolute Gasteiger partial charge is 0.303 e. The van der Waals surface area contributed by atoms with Gasteiger partial charge in [0.25, 0.3) is 0 Å². The number of aliphatic carboxylic acids is 1. The quantitative estimate of drug-likeness (QED) is 0.320. The van der Waals surface area contributed by atoms with Crippen LogP contribution in [0.5, 0.6) is 0 Å². The van der Waals surface area contributed by atoms with Gasteiger partial charge in [0.1, 0.15) is 23.6 Å². The largest absolute Gasteiger partial charge is 0.492 e. The Morgan fingerprint density at radius 2 is 2.11 bits per heavy atom. The first-order chi connectivity index (χ1) is 12.8. The number of hydrogen-bond donors (Lipinski definition) is 2. The van der Waals surface area contributed by atoms with Gasteiger partial charge in [0.2, 0.25) is 0 Å². The molecule has 2 rings (SSSR count). The van der Waals surface area contributed by atoms with Crippen molar-refractivity contribution in [1.29, 1.82) is 0 Å². The molecule has 4 nitrogen and oxygen atoms in total. The molecule has 7 heteroatoms. The van der Waals surface area contributed by atoms with Crippen LogP contribution in [0.15, 0.2) is 24.0 Å². The number of allylic oxidation sites excluding steroid dienone is 3. The molecule has 2 N–H and O–H groups in total. The van der Waals surface area contributed by atoms with Crippen molar-refractivity contribution >= 4 is 35.5 Å². The number of carbonyl (C=O) groups is 1. The minimum atomic E-state index is -1.68. The molecule has 0 amide bonds. The van der Waals surface area contributed by atoms with E-state index < -0.39 is 23.9 Å². The Labute approximate surface area is 188 Å². The summed E-state index contributed by atoms with van der Waals surface area (Å²) in [7, 11) is 0. The first kappa shape index (κ1) is 25.6. The van der Waals surface area contributed by atoms with E-state index in [1.54, 1.807) is 12.2 Å². The fraction of sp³-hybridized carbons (Fsp3) is 0.762. The normalized spacial score (nSPS) is 31.2. The second kappa shape index (κ2) is 11.7. The van der Waals surface area contributed by atoms with Gasteiger partial charge in [-0.3, -0.25) is 4.79 Å². The maximum absolute atomic E-state index is 14.8. The maximum Gasteiger partial charge on any atom is 0.303 e. The Kier molecular flexibility index (Phi) is 10.7. The fourth-order valence-electron chi connectivity index (χ4n) is 3.99. The summed E-state index contributed by atoms with van der Waals surface area (Å²) < 4.78 is 35.1. The van der Waals surface area contributed by atoms with E-state index in [0.717, 1.165) is 19.3 Å². The molecule has 0 aromatic rings. The van der Waals surface area contributed by atoms with Crippen molar-refractivity contribution in [2.24, 2.45) is 11.8 Å². The summed E-state index contributed by atoms with van der Waals surface area (Å²) >= 11 is 0. The van der Waals surface area contributed by atoms with E-state index in [9.17, 15) is 18.7 Å². The van der Waals surface area contributed by atoms with Crippen LogP contribution < -0.4 is 0 Å². The third-order valence-corrected chi connectivity index (χ3v) is 5.72. The number of rotatable bonds is 10. The monoisotopic (exact) mass is 409 g/mol. The zero-order valence-corrected chi connectivity index (χ0v) is 19.2. The van der Waals surface area contributed by atoms with Crippen LogP contribution in [0.4, 0.5) is 8.78 Å². The van der Waals surface area contributed by atoms with Crippen molar-refractivity contribution in [2.45, 2.75) is 89.3 Å². The molecular formula is C21H32F2NaO4. The Bertz CT molecular complexity index is 565. The van der Waals surface area contributed by atoms with Gasteiger partial charge in [0.15, 0.2) is 6.17 Å². The molecule has 1 radical (unpaired) electrons. The number of alkyl halides is 2. The Hall–Kier alpha value is -0.430. The molecule has 2 aliphatic rings. The standard InChI is InChI=1S/C21H32F2O4.Na/c1-3-4-13-21(2,23)17(24)12-10-14-9-11-15-19(14)20(22)16(27-15)7-5-6-8-18(25)26;/h7,10,12,14-15,17,19-20,24H,3-6,8-9,11,13H2,1-2H3,(H,25,26);/t14-,15+,17-,19-,20?,21?;/m1./s1. The first-order valence-corrected chi connectivity index (χ1v) is 10.0. The van der Waals surface area contributed by atoms with Gasteiger partial charge in [0, 0.05) is 41.9 Å². The van der Waals surface area contributed by atoms with Gasteiger partial charge in [0.05, 0.1) is 0 Å². The summed E-state index contributed by atoms with van der Waals surface area (Å²) in [5.41, 5.74) is -1.68. The Morgan fingerprint density at radius 3 is 2.75 bits per heavy atom. The van der Waals surface area contributed by atoms with Crippen LogP contribution >= 0.6 is 0 Å². The van der Waals surface area contributed by atoms with Crippen LogP contribution in [-0.2, 0) is 9.53 Å². The van der Waals surface area contributed by atoms with Crippen molar-refractivity contribution < 1.29 is 28.5 Å². The first-order valence-electron chi connectivity index (χ1n) is 10.0. The summed E-state index contributed by atoms with van der Waals surface area (Å²) in [5, 5.41) is 18.8. The van der Waals surface area contributed by atoms with Crippen LogP contribution in [0.2, 0.25) is 0 Å². The molecule has 0 aromatic heterocycles. The predicted octanol–water partition coefficient (Wildman–Crippen LogP) is 4.34. The molecule has 0 aromatic carbocycles. The second-order valence-electron chi connectivity index (χ2n) is 7.98. The minimum absolute atomic E-state index is 0. The number of carboxylic acid groups (broad SMARTS) is 1. The Morgan fingerprint density at radius 1 is 1.39 bits per heavy atom. The maximum atomic E-state index is 14.8. The molecule has 155 valence electrons. The predicted molar refractivity (Wildman–Crippen MR) is 105 cm³/mol. The Balaban J connectivity index is 0.00000392. The molecule has 1 heterocycles. The van der Waals surface area contributed by atoms with Crippen LogP contribution in [-0.4, -0.2) is 69.8 Å². The van der Waals surface area contributed by atoms with E-state index in [1.807, 2.05) is 6.92 Å². The summed E-state index contributed by atoms with van der Waals surface area (Å²) in [6.45, 7) is 3.38. The SMILES string of the molecule is CCCCC(C)(F)[C@H](O)C=C[C@H]1CC[C@@H]2OC(=CCCCC(=O)O)C(F)[C@@H]21.[Na]. The van der Waals surface area contributed by atoms with Gasteiger partial charge in [-0.2, -0.15) is 0 Å². The number of fused-ring (bicyclic) bond motifs is 1. The molecule has 6 atom stereocenters. The number of hydrogen-bond acceptors (Lipinski definition) is 3. The van der Waals surface area contributed by atoms with Crippen molar-refractivity contribution in [1.82, 2.24) is 0 Å². The van der Waals surface area contributed by atoms with Gasteiger partial charge in [-0.1, -0.05) is 31.9 Å². The molecular weight excluding hydrogens is 377 g/mol. The minimum Gasteiger partial charge on any atom is -0.492 e. The average molecular weight is 409 g/mol. The molecule has 1 saturated carbocycles. The van der Waals surface area contributed by atoms with Crippen LogP contribution in [0.1, 0.15) is 65.2 Å². The number of carboxylic acids is 1. The number of aliphatic hydroxyl groups is 1. The summed E-state index contributed by atoms with van der Waals surface area (Å²) in [6, 6.07) is 0. The third-order valence-electron chi connectivity index (χ3n) is 5.72. The van der Waals surface area contributed by atoms with E-state index in [2.05, 4.69) is 0 Å².